The highest BCUT2D eigenvalue weighted by Crippen LogP contribution is 2.24. The Morgan fingerprint density at radius 3 is 2.50 bits per heavy atom. The fourth-order valence-electron chi connectivity index (χ4n) is 3.52. The number of benzene rings is 3. The molecule has 1 N–H and O–H groups in total. The summed E-state index contributed by atoms with van der Waals surface area (Å²) in [5.41, 5.74) is 2.84. The second kappa shape index (κ2) is 8.29. The zero-order chi connectivity index (χ0) is 21.9. The molecule has 5 nitrogen and oxygen atoms in total. The molecule has 0 atom stereocenters. The largest absolute Gasteiger partial charge is 0.497 e. The minimum Gasteiger partial charge on any atom is -0.497 e. The van der Waals surface area contributed by atoms with Gasteiger partial charge in [-0.25, -0.2) is 0 Å². The van der Waals surface area contributed by atoms with Crippen LogP contribution in [0.5, 0.6) is 5.75 Å². The fourth-order valence-corrected chi connectivity index (χ4v) is 3.52. The van der Waals surface area contributed by atoms with Crippen molar-refractivity contribution in [1.82, 2.24) is 4.98 Å². The molecule has 5 aromatic rings. The van der Waals surface area contributed by atoms with Gasteiger partial charge in [-0.2, -0.15) is 0 Å². The molecule has 0 spiro atoms. The monoisotopic (exact) mass is 418 g/mol. The molecule has 0 bridgehead atoms. The zero-order valence-corrected chi connectivity index (χ0v) is 17.2. The summed E-state index contributed by atoms with van der Waals surface area (Å²) in [5.74, 6) is 7.55. The molecule has 0 saturated carbocycles. The summed E-state index contributed by atoms with van der Waals surface area (Å²) in [5, 5.41) is 16.2. The van der Waals surface area contributed by atoms with E-state index in [2.05, 4.69) is 22.0 Å². The van der Waals surface area contributed by atoms with Crippen molar-refractivity contribution in [3.05, 3.63) is 102 Å². The van der Waals surface area contributed by atoms with E-state index in [0.717, 1.165) is 27.6 Å². The van der Waals surface area contributed by atoms with Gasteiger partial charge in [-0.05, 0) is 47.9 Å². The van der Waals surface area contributed by atoms with E-state index in [9.17, 15) is 5.21 Å². The normalized spacial score (nSPS) is 11.3. The summed E-state index contributed by atoms with van der Waals surface area (Å²) in [6, 6.07) is 24.7. The van der Waals surface area contributed by atoms with Crippen molar-refractivity contribution in [3.63, 3.8) is 0 Å². The number of hydrogen-bond donors (Lipinski definition) is 1. The summed E-state index contributed by atoms with van der Waals surface area (Å²) in [6.07, 6.45) is 1.80. The van der Waals surface area contributed by atoms with Gasteiger partial charge in [-0.3, -0.25) is 4.98 Å². The Morgan fingerprint density at radius 1 is 0.875 bits per heavy atom. The first-order valence-electron chi connectivity index (χ1n) is 10.0. The number of methoxy groups -OCH3 is 1. The highest BCUT2D eigenvalue weighted by molar-refractivity contribution is 5.85. The number of aromatic nitrogens is 1. The van der Waals surface area contributed by atoms with E-state index in [1.54, 1.807) is 19.4 Å². The lowest BCUT2D eigenvalue weighted by molar-refractivity contribution is 0.302. The number of pyridine rings is 1. The van der Waals surface area contributed by atoms with Crippen LogP contribution in [0.3, 0.4) is 0 Å². The highest BCUT2D eigenvalue weighted by Gasteiger charge is 2.09. The van der Waals surface area contributed by atoms with Crippen LogP contribution in [0.1, 0.15) is 11.1 Å². The summed E-state index contributed by atoms with van der Waals surface area (Å²) in [6.45, 7) is 0. The molecule has 3 aromatic carbocycles. The molecule has 5 heteroatoms. The summed E-state index contributed by atoms with van der Waals surface area (Å²) >= 11 is 0. The van der Waals surface area contributed by atoms with Gasteiger partial charge >= 0.3 is 0 Å². The van der Waals surface area contributed by atoms with Crippen LogP contribution in [0.15, 0.2) is 94.6 Å². The van der Waals surface area contributed by atoms with Crippen LogP contribution in [0.2, 0.25) is 0 Å². The molecule has 0 amide bonds. The second-order valence-corrected chi connectivity index (χ2v) is 7.21. The first-order chi connectivity index (χ1) is 15.7. The molecule has 2 aromatic heterocycles. The van der Waals surface area contributed by atoms with E-state index in [-0.39, 0.29) is 0 Å². The zero-order valence-electron chi connectivity index (χ0n) is 17.2. The molecule has 0 saturated heterocycles. The molecule has 32 heavy (non-hydrogen) atoms. The molecule has 2 heterocycles. The quantitative estimate of drug-likeness (QED) is 0.239. The maximum Gasteiger partial charge on any atom is 0.155 e. The van der Waals surface area contributed by atoms with Gasteiger partial charge in [0, 0.05) is 34.2 Å². The van der Waals surface area contributed by atoms with E-state index < -0.39 is 0 Å². The van der Waals surface area contributed by atoms with Gasteiger partial charge in [0.2, 0.25) is 0 Å². The summed E-state index contributed by atoms with van der Waals surface area (Å²) in [7, 11) is 1.63. The Balaban J connectivity index is 1.60. The first kappa shape index (κ1) is 19.4. The molecule has 5 rings (SSSR count). The van der Waals surface area contributed by atoms with E-state index in [0.29, 0.717) is 27.8 Å². The molecule has 0 aliphatic rings. The molecular formula is C27H18N2O3. The number of nitrogens with zero attached hydrogens (tertiary/aromatic N) is 2. The standard InChI is InChI=1S/C27H18N2O3/c1-31-22-8-4-5-18(13-22)9-10-19-11-12-23-24(29-30)16-27(32-26(23)14-19)25-15-20-6-2-3-7-21(20)17-28-25/h2-8,11-17,30H,1H3. The predicted octanol–water partition coefficient (Wildman–Crippen LogP) is 5.35. The Labute approximate surface area is 184 Å². The lowest BCUT2D eigenvalue weighted by atomic mass is 10.1. The minimum absolute atomic E-state index is 0.406. The number of ether oxygens (including phenoxy) is 1. The van der Waals surface area contributed by atoms with Crippen LogP contribution >= 0.6 is 0 Å². The predicted molar refractivity (Wildman–Crippen MR) is 123 cm³/mol. The van der Waals surface area contributed by atoms with E-state index in [4.69, 9.17) is 9.15 Å². The summed E-state index contributed by atoms with van der Waals surface area (Å²) in [4.78, 5) is 4.52. The SMILES string of the molecule is COc1cccc(C#Cc2ccc3c(=NO)cc(-c4cc5ccccc5cn4)oc3c2)c1. The van der Waals surface area contributed by atoms with Gasteiger partial charge in [0.1, 0.15) is 22.4 Å². The average molecular weight is 418 g/mol. The van der Waals surface area contributed by atoms with Gasteiger partial charge in [-0.1, -0.05) is 47.3 Å². The molecule has 0 aliphatic carbocycles. The molecule has 0 aliphatic heterocycles. The maximum atomic E-state index is 9.57. The third-order valence-corrected chi connectivity index (χ3v) is 5.16. The van der Waals surface area contributed by atoms with Crippen molar-refractivity contribution in [3.8, 4) is 29.0 Å². The van der Waals surface area contributed by atoms with Crippen molar-refractivity contribution >= 4 is 21.7 Å². The molecular weight excluding hydrogens is 400 g/mol. The summed E-state index contributed by atoms with van der Waals surface area (Å²) < 4.78 is 11.4. The van der Waals surface area contributed by atoms with Crippen LogP contribution in [0.4, 0.5) is 0 Å². The van der Waals surface area contributed by atoms with Crippen molar-refractivity contribution in [2.75, 3.05) is 7.11 Å². The third kappa shape index (κ3) is 3.78. The molecule has 154 valence electrons. The number of fused-ring (bicyclic) bond motifs is 2. The topological polar surface area (TPSA) is 67.8 Å². The maximum absolute atomic E-state index is 9.57. The van der Waals surface area contributed by atoms with Crippen molar-refractivity contribution < 1.29 is 14.4 Å². The third-order valence-electron chi connectivity index (χ3n) is 5.16. The van der Waals surface area contributed by atoms with Gasteiger partial charge in [-0.15, -0.1) is 0 Å². The highest BCUT2D eigenvalue weighted by atomic mass is 16.5. The van der Waals surface area contributed by atoms with E-state index >= 15 is 0 Å². The van der Waals surface area contributed by atoms with Crippen molar-refractivity contribution in [1.29, 1.82) is 0 Å². The second-order valence-electron chi connectivity index (χ2n) is 7.21. The number of hydrogen-bond acceptors (Lipinski definition) is 5. The Morgan fingerprint density at radius 2 is 1.69 bits per heavy atom. The van der Waals surface area contributed by atoms with Crippen LogP contribution in [0, 0.1) is 11.8 Å². The van der Waals surface area contributed by atoms with Gasteiger partial charge in [0.05, 0.1) is 7.11 Å². The Kier molecular flexibility index (Phi) is 5.03. The van der Waals surface area contributed by atoms with Gasteiger partial charge in [0.25, 0.3) is 0 Å². The van der Waals surface area contributed by atoms with Crippen LogP contribution < -0.4 is 10.1 Å². The number of rotatable bonds is 2. The molecule has 0 fully saturated rings. The first-order valence-corrected chi connectivity index (χ1v) is 10.0. The van der Waals surface area contributed by atoms with E-state index in [1.807, 2.05) is 72.8 Å². The lowest BCUT2D eigenvalue weighted by Crippen LogP contribution is -2.04. The van der Waals surface area contributed by atoms with Crippen LogP contribution in [0.25, 0.3) is 33.2 Å². The van der Waals surface area contributed by atoms with Crippen LogP contribution in [-0.2, 0) is 0 Å². The Hall–Kier alpha value is -4.56. The average Bonchev–Trinajstić information content (AvgIpc) is 2.86. The van der Waals surface area contributed by atoms with E-state index in [1.165, 1.54) is 0 Å². The van der Waals surface area contributed by atoms with Gasteiger partial charge < -0.3 is 14.4 Å². The lowest BCUT2D eigenvalue weighted by Gasteiger charge is -2.05. The molecule has 0 radical (unpaired) electrons. The Bertz CT molecular complexity index is 1590. The minimum atomic E-state index is 0.406. The van der Waals surface area contributed by atoms with Crippen molar-refractivity contribution in [2.45, 2.75) is 0 Å². The fraction of sp³-hybridized carbons (Fsp3) is 0.0370. The van der Waals surface area contributed by atoms with Crippen LogP contribution in [-0.4, -0.2) is 17.3 Å². The molecule has 0 unspecified atom stereocenters. The smallest absolute Gasteiger partial charge is 0.155 e. The van der Waals surface area contributed by atoms with Crippen molar-refractivity contribution in [2.24, 2.45) is 5.16 Å². The van der Waals surface area contributed by atoms with Gasteiger partial charge in [0.15, 0.2) is 5.76 Å².